The van der Waals surface area contributed by atoms with Crippen LogP contribution in [0.1, 0.15) is 27.8 Å². The van der Waals surface area contributed by atoms with E-state index in [-0.39, 0.29) is 5.56 Å². The van der Waals surface area contributed by atoms with Gasteiger partial charge in [0.1, 0.15) is 6.07 Å². The predicted molar refractivity (Wildman–Crippen MR) is 127 cm³/mol. The first kappa shape index (κ1) is 32.8. The number of alkyl halides is 12. The van der Waals surface area contributed by atoms with Gasteiger partial charge in [-0.1, -0.05) is 12.1 Å². The highest BCUT2D eigenvalue weighted by Gasteiger charge is 2.50. The molecule has 3 aromatic rings. The average Bonchev–Trinajstić information content (AvgIpc) is 3.39. The molecule has 18 heteroatoms. The lowest BCUT2D eigenvalue weighted by Crippen LogP contribution is -2.24. The maximum atomic E-state index is 14.2. The molecule has 0 saturated heterocycles. The van der Waals surface area contributed by atoms with Crippen molar-refractivity contribution in [2.75, 3.05) is 19.0 Å². The van der Waals surface area contributed by atoms with Crippen LogP contribution in [0.25, 0.3) is 11.6 Å². The summed E-state index contributed by atoms with van der Waals surface area (Å²) in [5.41, 5.74) is -12.3. The second kappa shape index (κ2) is 10.8. The molecule has 0 aliphatic carbocycles. The molecule has 0 fully saturated rings. The van der Waals surface area contributed by atoms with Gasteiger partial charge in [-0.15, -0.1) is 22.7 Å². The normalized spacial score (nSPS) is 15.0. The minimum absolute atomic E-state index is 0.127. The van der Waals surface area contributed by atoms with Crippen molar-refractivity contribution in [1.82, 2.24) is 0 Å². The van der Waals surface area contributed by atoms with E-state index in [1.807, 2.05) is 0 Å². The van der Waals surface area contributed by atoms with Crippen LogP contribution in [-0.4, -0.2) is 25.2 Å². The molecule has 42 heavy (non-hydrogen) atoms. The summed E-state index contributed by atoms with van der Waals surface area (Å²) in [6, 6.07) is 5.87. The lowest BCUT2D eigenvalue weighted by atomic mass is 10.1. The zero-order valence-corrected chi connectivity index (χ0v) is 22.1. The van der Waals surface area contributed by atoms with Crippen LogP contribution in [0.2, 0.25) is 0 Å². The van der Waals surface area contributed by atoms with Crippen LogP contribution in [0.3, 0.4) is 0 Å². The Balaban J connectivity index is 2.83. The number of carbonyl (C=O) groups is 1. The molecule has 4 nitrogen and oxygen atoms in total. The number of thiophene rings is 2. The van der Waals surface area contributed by atoms with Crippen LogP contribution >= 0.6 is 22.7 Å². The first-order valence-corrected chi connectivity index (χ1v) is 12.4. The van der Waals surface area contributed by atoms with Gasteiger partial charge in [0.2, 0.25) is 0 Å². The standard InChI is InChI=1S/C24H12F12N2O2S2/c1-38(2)10-5-3-9(4-6-10)7-12-13(21(25,26)27)14(22(28,29)30)18(41-12)19-16(24(34,35)36)15(23(31,32)33)17(42-19)11(8-37)20(39)40/h3-7H,1-2H3,(H,39,40)/b12-7-,17-11-,19-18+. The van der Waals surface area contributed by atoms with E-state index in [1.165, 1.54) is 24.3 Å². The summed E-state index contributed by atoms with van der Waals surface area (Å²) in [4.78, 5) is 12.9. The van der Waals surface area contributed by atoms with Gasteiger partial charge in [0.15, 0.2) is 5.57 Å². The van der Waals surface area contributed by atoms with Gasteiger partial charge in [-0.2, -0.15) is 57.9 Å². The Labute approximate surface area is 234 Å². The number of carboxylic acids is 1. The maximum absolute atomic E-state index is 14.2. The Morgan fingerprint density at radius 2 is 1.19 bits per heavy atom. The number of hydrogen-bond donors (Lipinski definition) is 1. The van der Waals surface area contributed by atoms with Gasteiger partial charge in [0, 0.05) is 24.3 Å². The number of carboxylic acid groups (broad SMARTS) is 1. The lowest BCUT2D eigenvalue weighted by Gasteiger charge is -2.13. The molecule has 0 aliphatic rings. The second-order valence-electron chi connectivity index (χ2n) is 8.47. The van der Waals surface area contributed by atoms with Crippen molar-refractivity contribution in [1.29, 1.82) is 5.26 Å². The molecule has 0 radical (unpaired) electrons. The van der Waals surface area contributed by atoms with Gasteiger partial charge in [-0.25, -0.2) is 4.79 Å². The number of aliphatic carboxylic acids is 1. The van der Waals surface area contributed by atoms with Crippen LogP contribution in [0, 0.1) is 20.4 Å². The molecule has 2 heterocycles. The highest BCUT2D eigenvalue weighted by Crippen LogP contribution is 2.45. The van der Waals surface area contributed by atoms with Gasteiger partial charge in [-0.05, 0) is 23.8 Å². The van der Waals surface area contributed by atoms with Gasteiger partial charge < -0.3 is 10.0 Å². The SMILES string of the molecule is CN(C)c1ccc(/C=c2\s/c(=c3/s/c(=C(/C#N)C(=O)O)c(C(F)(F)F)c3C(F)(F)F)c(C(F)(F)F)c2C(F)(F)F)cc1. The fraction of sp³-hybridized carbons (Fsp3) is 0.250. The minimum atomic E-state index is -6.15. The largest absolute Gasteiger partial charge is 0.477 e. The molecule has 0 bridgehead atoms. The molecule has 0 saturated carbocycles. The average molecular weight is 652 g/mol. The summed E-state index contributed by atoms with van der Waals surface area (Å²) >= 11 is -1.34. The quantitative estimate of drug-likeness (QED) is 0.316. The number of hydrogen-bond acceptors (Lipinski definition) is 5. The van der Waals surface area contributed by atoms with Gasteiger partial charge in [-0.3, -0.25) is 0 Å². The fourth-order valence-electron chi connectivity index (χ4n) is 3.79. The van der Waals surface area contributed by atoms with E-state index >= 15 is 0 Å². The van der Waals surface area contributed by atoms with Crippen molar-refractivity contribution in [3.8, 4) is 6.07 Å². The minimum Gasteiger partial charge on any atom is -0.477 e. The molecule has 0 aliphatic heterocycles. The molecule has 1 N–H and O–H groups in total. The molecule has 0 spiro atoms. The van der Waals surface area contributed by atoms with Crippen molar-refractivity contribution in [2.45, 2.75) is 24.7 Å². The number of benzene rings is 1. The van der Waals surface area contributed by atoms with Gasteiger partial charge in [0.05, 0.1) is 35.9 Å². The third-order valence-corrected chi connectivity index (χ3v) is 7.95. The van der Waals surface area contributed by atoms with Crippen molar-refractivity contribution in [2.24, 2.45) is 0 Å². The summed E-state index contributed by atoms with van der Waals surface area (Å²) in [6.45, 7) is 0. The molecule has 0 atom stereocenters. The maximum Gasteiger partial charge on any atom is 0.418 e. The van der Waals surface area contributed by atoms with Crippen LogP contribution in [0.4, 0.5) is 58.4 Å². The summed E-state index contributed by atoms with van der Waals surface area (Å²) in [7, 11) is 3.20. The Hall–Kier alpha value is -3.72. The van der Waals surface area contributed by atoms with E-state index in [2.05, 4.69) is 0 Å². The number of halogens is 12. The molecule has 0 unspecified atom stereocenters. The summed E-state index contributed by atoms with van der Waals surface area (Å²) < 4.78 is 162. The fourth-order valence-corrected chi connectivity index (χ4v) is 6.56. The third kappa shape index (κ3) is 6.36. The van der Waals surface area contributed by atoms with Crippen molar-refractivity contribution in [3.63, 3.8) is 0 Å². The van der Waals surface area contributed by atoms with E-state index in [1.54, 1.807) is 19.0 Å². The zero-order chi connectivity index (χ0) is 32.2. The molecule has 3 rings (SSSR count). The van der Waals surface area contributed by atoms with E-state index in [9.17, 15) is 57.5 Å². The predicted octanol–water partition coefficient (Wildman–Crippen LogP) is 6.83. The number of nitriles is 1. The Bertz CT molecular complexity index is 1790. The number of anilines is 1. The Kier molecular flexibility index (Phi) is 8.46. The van der Waals surface area contributed by atoms with Crippen LogP contribution in [0.5, 0.6) is 0 Å². The van der Waals surface area contributed by atoms with Crippen molar-refractivity contribution >= 4 is 46.0 Å². The zero-order valence-electron chi connectivity index (χ0n) is 20.5. The monoisotopic (exact) mass is 652 g/mol. The summed E-state index contributed by atoms with van der Waals surface area (Å²) in [5, 5.41) is 18.1. The first-order chi connectivity index (χ1) is 19.0. The number of rotatable bonds is 3. The topological polar surface area (TPSA) is 64.3 Å². The van der Waals surface area contributed by atoms with Gasteiger partial charge in [0.25, 0.3) is 0 Å². The van der Waals surface area contributed by atoms with E-state index in [0.717, 1.165) is 6.07 Å². The van der Waals surface area contributed by atoms with Crippen LogP contribution in [-0.2, 0) is 29.5 Å². The second-order valence-corrected chi connectivity index (χ2v) is 10.5. The van der Waals surface area contributed by atoms with Crippen molar-refractivity contribution < 1.29 is 62.6 Å². The van der Waals surface area contributed by atoms with E-state index in [0.29, 0.717) is 11.8 Å². The van der Waals surface area contributed by atoms with E-state index in [4.69, 9.17) is 10.4 Å². The molecule has 2 aromatic heterocycles. The van der Waals surface area contributed by atoms with Crippen LogP contribution in [0.15, 0.2) is 24.3 Å². The lowest BCUT2D eigenvalue weighted by molar-refractivity contribution is -0.163. The first-order valence-electron chi connectivity index (χ1n) is 10.8. The Morgan fingerprint density at radius 1 is 0.762 bits per heavy atom. The molecule has 0 amide bonds. The Morgan fingerprint density at radius 3 is 1.57 bits per heavy atom. The smallest absolute Gasteiger partial charge is 0.418 e. The van der Waals surface area contributed by atoms with Crippen LogP contribution < -0.4 is 14.0 Å². The molecule has 226 valence electrons. The van der Waals surface area contributed by atoms with Crippen molar-refractivity contribution in [3.05, 3.63) is 70.2 Å². The third-order valence-electron chi connectivity index (χ3n) is 5.44. The highest BCUT2D eigenvalue weighted by atomic mass is 32.1. The molecular weight excluding hydrogens is 640 g/mol. The summed E-state index contributed by atoms with van der Waals surface area (Å²) in [5.74, 6) is -2.45. The van der Waals surface area contributed by atoms with Gasteiger partial charge >= 0.3 is 30.7 Å². The molecule has 1 aromatic carbocycles. The molecular formula is C24H12F12N2O2S2. The number of nitrogens with zero attached hydrogens (tertiary/aromatic N) is 2. The summed E-state index contributed by atoms with van der Waals surface area (Å²) in [6.07, 6.45) is -23.6. The highest BCUT2D eigenvalue weighted by molar-refractivity contribution is 7.12. The van der Waals surface area contributed by atoms with E-state index < -0.39 is 99.3 Å².